The molecule has 2 unspecified atom stereocenters. The quantitative estimate of drug-likeness (QED) is 0.922. The number of hydrogen-bond donors (Lipinski definition) is 1. The van der Waals surface area contributed by atoms with Gasteiger partial charge in [0.05, 0.1) is 12.7 Å². The summed E-state index contributed by atoms with van der Waals surface area (Å²) in [4.78, 5) is 0. The van der Waals surface area contributed by atoms with Crippen LogP contribution in [-0.2, 0) is 0 Å². The van der Waals surface area contributed by atoms with Gasteiger partial charge in [0, 0.05) is 10.4 Å². The van der Waals surface area contributed by atoms with Crippen molar-refractivity contribution < 1.29 is 9.84 Å². The van der Waals surface area contributed by atoms with Gasteiger partial charge in [-0.2, -0.15) is 0 Å². The zero-order chi connectivity index (χ0) is 11.4. The molecule has 2 rings (SSSR count). The summed E-state index contributed by atoms with van der Waals surface area (Å²) in [5, 5.41) is 9.81. The second-order valence-corrected chi connectivity index (χ2v) is 5.30. The van der Waals surface area contributed by atoms with Crippen LogP contribution in [0.2, 0.25) is 0 Å². The molecule has 0 bridgehead atoms. The number of ether oxygens (including phenoxy) is 1. The predicted octanol–water partition coefficient (Wildman–Crippen LogP) is 3.38. The minimum Gasteiger partial charge on any atom is -0.493 e. The fraction of sp³-hybridized carbons (Fsp3) is 0.538. The molecule has 0 aromatic heterocycles. The van der Waals surface area contributed by atoms with E-state index in [-0.39, 0.29) is 6.10 Å². The van der Waals surface area contributed by atoms with Crippen molar-refractivity contribution in [1.29, 1.82) is 0 Å². The molecule has 1 aliphatic rings. The van der Waals surface area contributed by atoms with Gasteiger partial charge < -0.3 is 9.84 Å². The van der Waals surface area contributed by atoms with Crippen molar-refractivity contribution >= 4 is 15.9 Å². The minimum atomic E-state index is -0.180. The van der Waals surface area contributed by atoms with Crippen LogP contribution in [0.25, 0.3) is 0 Å². The number of rotatable bonds is 3. The molecule has 0 saturated heterocycles. The molecular formula is C13H17BrO2. The van der Waals surface area contributed by atoms with E-state index in [2.05, 4.69) is 15.9 Å². The minimum absolute atomic E-state index is 0.180. The van der Waals surface area contributed by atoms with Crippen LogP contribution in [-0.4, -0.2) is 17.8 Å². The molecule has 1 saturated carbocycles. The lowest BCUT2D eigenvalue weighted by Crippen LogP contribution is -2.29. The van der Waals surface area contributed by atoms with Crippen molar-refractivity contribution in [2.75, 3.05) is 6.61 Å². The molecule has 0 amide bonds. The van der Waals surface area contributed by atoms with Gasteiger partial charge in [-0.3, -0.25) is 0 Å². The first-order valence-electron chi connectivity index (χ1n) is 5.82. The molecule has 3 heteroatoms. The first kappa shape index (κ1) is 11.9. The fourth-order valence-electron chi connectivity index (χ4n) is 2.14. The summed E-state index contributed by atoms with van der Waals surface area (Å²) in [6, 6.07) is 7.83. The Balaban J connectivity index is 1.86. The van der Waals surface area contributed by atoms with Crippen LogP contribution in [0.3, 0.4) is 0 Å². The van der Waals surface area contributed by atoms with E-state index >= 15 is 0 Å². The zero-order valence-electron chi connectivity index (χ0n) is 9.23. The normalized spacial score (nSPS) is 25.4. The van der Waals surface area contributed by atoms with Crippen molar-refractivity contribution in [2.45, 2.75) is 31.8 Å². The van der Waals surface area contributed by atoms with Crippen LogP contribution in [0, 0.1) is 5.92 Å². The number of benzene rings is 1. The Morgan fingerprint density at radius 2 is 2.12 bits per heavy atom. The zero-order valence-corrected chi connectivity index (χ0v) is 10.8. The Morgan fingerprint density at radius 3 is 2.88 bits per heavy atom. The van der Waals surface area contributed by atoms with E-state index in [0.29, 0.717) is 12.5 Å². The monoisotopic (exact) mass is 284 g/mol. The summed E-state index contributed by atoms with van der Waals surface area (Å²) in [6.45, 7) is 0.623. The highest BCUT2D eigenvalue weighted by Crippen LogP contribution is 2.26. The molecule has 1 aliphatic carbocycles. The molecule has 1 aromatic carbocycles. The maximum absolute atomic E-state index is 9.81. The van der Waals surface area contributed by atoms with Gasteiger partial charge in [-0.05, 0) is 31.0 Å². The van der Waals surface area contributed by atoms with Gasteiger partial charge in [-0.1, -0.05) is 34.8 Å². The maximum Gasteiger partial charge on any atom is 0.120 e. The highest BCUT2D eigenvalue weighted by molar-refractivity contribution is 9.10. The van der Waals surface area contributed by atoms with E-state index in [1.165, 1.54) is 6.42 Å². The van der Waals surface area contributed by atoms with Crippen LogP contribution in [0.1, 0.15) is 25.7 Å². The molecule has 1 N–H and O–H groups in total. The Hall–Kier alpha value is -0.540. The van der Waals surface area contributed by atoms with Crippen LogP contribution in [0.5, 0.6) is 5.75 Å². The molecule has 0 spiro atoms. The molecule has 1 fully saturated rings. The molecule has 2 atom stereocenters. The molecule has 0 heterocycles. The molecular weight excluding hydrogens is 268 g/mol. The molecule has 1 aromatic rings. The van der Waals surface area contributed by atoms with Crippen LogP contribution in [0.15, 0.2) is 28.7 Å². The number of hydrogen-bond acceptors (Lipinski definition) is 2. The van der Waals surface area contributed by atoms with Crippen molar-refractivity contribution in [3.05, 3.63) is 28.7 Å². The fourth-order valence-corrected chi connectivity index (χ4v) is 2.52. The van der Waals surface area contributed by atoms with Crippen molar-refractivity contribution in [2.24, 2.45) is 5.92 Å². The third-order valence-electron chi connectivity index (χ3n) is 3.13. The molecule has 2 nitrogen and oxygen atoms in total. The average molecular weight is 285 g/mol. The third-order valence-corrected chi connectivity index (χ3v) is 3.62. The van der Waals surface area contributed by atoms with Crippen molar-refractivity contribution in [3.8, 4) is 5.75 Å². The maximum atomic E-state index is 9.81. The number of aliphatic hydroxyl groups excluding tert-OH is 1. The topological polar surface area (TPSA) is 29.5 Å². The number of halogens is 1. The Kier molecular flexibility index (Phi) is 4.24. The van der Waals surface area contributed by atoms with Gasteiger partial charge in [0.25, 0.3) is 0 Å². The summed E-state index contributed by atoms with van der Waals surface area (Å²) in [5.41, 5.74) is 0. The lowest BCUT2D eigenvalue weighted by molar-refractivity contribution is 0.0422. The largest absolute Gasteiger partial charge is 0.493 e. The lowest BCUT2D eigenvalue weighted by atomic mass is 9.87. The highest BCUT2D eigenvalue weighted by Gasteiger charge is 2.23. The molecule has 0 radical (unpaired) electrons. The van der Waals surface area contributed by atoms with Gasteiger partial charge >= 0.3 is 0 Å². The molecule has 16 heavy (non-hydrogen) atoms. The summed E-state index contributed by atoms with van der Waals surface area (Å²) in [6.07, 6.45) is 4.18. The van der Waals surface area contributed by atoms with E-state index in [0.717, 1.165) is 29.5 Å². The van der Waals surface area contributed by atoms with Gasteiger partial charge in [0.15, 0.2) is 0 Å². The third kappa shape index (κ3) is 3.22. The Bertz CT molecular complexity index is 340. The second kappa shape index (κ2) is 5.69. The van der Waals surface area contributed by atoms with E-state index in [4.69, 9.17) is 4.74 Å². The van der Waals surface area contributed by atoms with Gasteiger partial charge in [0.1, 0.15) is 5.75 Å². The predicted molar refractivity (Wildman–Crippen MR) is 67.6 cm³/mol. The summed E-state index contributed by atoms with van der Waals surface area (Å²) in [5.74, 6) is 1.17. The highest BCUT2D eigenvalue weighted by atomic mass is 79.9. The van der Waals surface area contributed by atoms with Gasteiger partial charge in [-0.15, -0.1) is 0 Å². The van der Waals surface area contributed by atoms with E-state index in [1.54, 1.807) is 0 Å². The van der Waals surface area contributed by atoms with Crippen LogP contribution < -0.4 is 4.74 Å². The van der Waals surface area contributed by atoms with Crippen LogP contribution in [0.4, 0.5) is 0 Å². The first-order valence-corrected chi connectivity index (χ1v) is 6.61. The smallest absolute Gasteiger partial charge is 0.120 e. The first-order chi connectivity index (χ1) is 7.75. The van der Waals surface area contributed by atoms with E-state index in [1.807, 2.05) is 24.3 Å². The summed E-state index contributed by atoms with van der Waals surface area (Å²) >= 11 is 3.41. The van der Waals surface area contributed by atoms with E-state index < -0.39 is 0 Å². The van der Waals surface area contributed by atoms with Crippen molar-refractivity contribution in [1.82, 2.24) is 0 Å². The SMILES string of the molecule is OC1CCCCC1COc1cccc(Br)c1. The average Bonchev–Trinajstić information content (AvgIpc) is 2.28. The van der Waals surface area contributed by atoms with Crippen LogP contribution >= 0.6 is 15.9 Å². The van der Waals surface area contributed by atoms with Gasteiger partial charge in [0.2, 0.25) is 0 Å². The van der Waals surface area contributed by atoms with E-state index in [9.17, 15) is 5.11 Å². The Morgan fingerprint density at radius 1 is 1.31 bits per heavy atom. The molecule has 88 valence electrons. The standard InChI is InChI=1S/C13H17BrO2/c14-11-5-3-6-12(8-11)16-9-10-4-1-2-7-13(10)15/h3,5-6,8,10,13,15H,1-2,4,7,9H2. The van der Waals surface area contributed by atoms with Crippen molar-refractivity contribution in [3.63, 3.8) is 0 Å². The Labute approximate surface area is 105 Å². The van der Waals surface area contributed by atoms with Gasteiger partial charge in [-0.25, -0.2) is 0 Å². The number of aliphatic hydroxyl groups is 1. The summed E-state index contributed by atoms with van der Waals surface area (Å²) < 4.78 is 6.73. The summed E-state index contributed by atoms with van der Waals surface area (Å²) in [7, 11) is 0. The second-order valence-electron chi connectivity index (χ2n) is 4.38. The lowest BCUT2D eigenvalue weighted by Gasteiger charge is -2.27. The molecule has 0 aliphatic heterocycles.